The van der Waals surface area contributed by atoms with Crippen molar-refractivity contribution in [1.82, 2.24) is 15.3 Å². The van der Waals surface area contributed by atoms with Crippen molar-refractivity contribution in [2.75, 3.05) is 5.75 Å². The first-order valence-electron chi connectivity index (χ1n) is 8.12. The molecule has 0 aliphatic carbocycles. The number of nitrogens with zero attached hydrogens (tertiary/aromatic N) is 1. The third-order valence-electron chi connectivity index (χ3n) is 3.67. The maximum atomic E-state index is 13.2. The Kier molecular flexibility index (Phi) is 6.60. The van der Waals surface area contributed by atoms with E-state index in [1.807, 2.05) is 6.92 Å². The van der Waals surface area contributed by atoms with Gasteiger partial charge in [0, 0.05) is 18.2 Å². The molecule has 1 aromatic heterocycles. The van der Waals surface area contributed by atoms with Gasteiger partial charge in [-0.25, -0.2) is 13.8 Å². The summed E-state index contributed by atoms with van der Waals surface area (Å²) in [6.45, 7) is 6.37. The number of imidazole rings is 1. The first-order valence-corrected chi connectivity index (χ1v) is 9.10. The van der Waals surface area contributed by atoms with E-state index >= 15 is 0 Å². The van der Waals surface area contributed by atoms with E-state index in [0.717, 1.165) is 31.4 Å². The zero-order valence-electron chi connectivity index (χ0n) is 14.2. The molecule has 2 rings (SSSR count). The number of rotatable bonds is 8. The molecule has 1 aromatic carbocycles. The number of H-pyrrole nitrogens is 1. The summed E-state index contributed by atoms with van der Waals surface area (Å²) in [7, 11) is 0. The highest BCUT2D eigenvalue weighted by Crippen LogP contribution is 2.21. The number of thioether (sulfide) groups is 1. The van der Waals surface area contributed by atoms with Gasteiger partial charge in [-0.05, 0) is 19.3 Å². The Morgan fingerprint density at radius 1 is 1.25 bits per heavy atom. The summed E-state index contributed by atoms with van der Waals surface area (Å²) in [6, 6.07) is 2.25. The molecule has 24 heavy (non-hydrogen) atoms. The highest BCUT2D eigenvalue weighted by molar-refractivity contribution is 7.99. The molecule has 1 amide bonds. The van der Waals surface area contributed by atoms with Crippen LogP contribution in [0.4, 0.5) is 8.78 Å². The summed E-state index contributed by atoms with van der Waals surface area (Å²) >= 11 is 1.21. The van der Waals surface area contributed by atoms with Gasteiger partial charge in [0.2, 0.25) is 5.91 Å². The quantitative estimate of drug-likeness (QED) is 0.696. The zero-order chi connectivity index (χ0) is 17.7. The van der Waals surface area contributed by atoms with Crippen molar-refractivity contribution in [3.8, 4) is 0 Å². The average Bonchev–Trinajstić information content (AvgIpc) is 2.87. The second-order valence-corrected chi connectivity index (χ2v) is 7.37. The van der Waals surface area contributed by atoms with Gasteiger partial charge in [-0.1, -0.05) is 38.5 Å². The number of carbonyl (C=O) groups is 1. The molecule has 1 heterocycles. The van der Waals surface area contributed by atoms with Crippen LogP contribution in [0.2, 0.25) is 0 Å². The minimum absolute atomic E-state index is 0.0742. The molecule has 1 unspecified atom stereocenters. The molecule has 0 saturated carbocycles. The second-order valence-electron chi connectivity index (χ2n) is 6.41. The molecule has 4 nitrogen and oxygen atoms in total. The molecular formula is C17H23F2N3OS. The van der Waals surface area contributed by atoms with Gasteiger partial charge in [0.05, 0.1) is 16.8 Å². The lowest BCUT2D eigenvalue weighted by Crippen LogP contribution is -2.33. The molecule has 7 heteroatoms. The van der Waals surface area contributed by atoms with Crippen LogP contribution in [0, 0.1) is 17.6 Å². The molecule has 1 atom stereocenters. The SMILES string of the molecule is CC(C)CCCC(C)NC(=O)CSc1nc2cc(F)c(F)cc2[nH]1. The molecule has 0 aliphatic rings. The minimum Gasteiger partial charge on any atom is -0.353 e. The summed E-state index contributed by atoms with van der Waals surface area (Å²) in [5.74, 6) is -1.05. The van der Waals surface area contributed by atoms with E-state index in [9.17, 15) is 13.6 Å². The normalized spacial score (nSPS) is 12.8. The van der Waals surface area contributed by atoms with Gasteiger partial charge >= 0.3 is 0 Å². The maximum absolute atomic E-state index is 13.2. The fourth-order valence-corrected chi connectivity index (χ4v) is 3.10. The smallest absolute Gasteiger partial charge is 0.230 e. The van der Waals surface area contributed by atoms with Crippen molar-refractivity contribution < 1.29 is 13.6 Å². The third kappa shape index (κ3) is 5.47. The lowest BCUT2D eigenvalue weighted by Gasteiger charge is -2.14. The van der Waals surface area contributed by atoms with Gasteiger partial charge < -0.3 is 10.3 Å². The van der Waals surface area contributed by atoms with Crippen LogP contribution in [0.15, 0.2) is 17.3 Å². The Hall–Kier alpha value is -1.63. The Morgan fingerprint density at radius 3 is 2.67 bits per heavy atom. The average molecular weight is 355 g/mol. The monoisotopic (exact) mass is 355 g/mol. The molecule has 0 spiro atoms. The number of aromatic nitrogens is 2. The molecule has 0 radical (unpaired) electrons. The number of benzene rings is 1. The van der Waals surface area contributed by atoms with Crippen molar-refractivity contribution in [1.29, 1.82) is 0 Å². The Balaban J connectivity index is 1.81. The van der Waals surface area contributed by atoms with Crippen LogP contribution < -0.4 is 5.32 Å². The van der Waals surface area contributed by atoms with Crippen LogP contribution in [0.3, 0.4) is 0 Å². The fraction of sp³-hybridized carbons (Fsp3) is 0.529. The number of aromatic amines is 1. The van der Waals surface area contributed by atoms with E-state index in [2.05, 4.69) is 29.1 Å². The van der Waals surface area contributed by atoms with E-state index in [1.54, 1.807) is 0 Å². The summed E-state index contributed by atoms with van der Waals surface area (Å²) < 4.78 is 26.3. The number of fused-ring (bicyclic) bond motifs is 1. The van der Waals surface area contributed by atoms with Gasteiger partial charge in [-0.3, -0.25) is 4.79 Å². The topological polar surface area (TPSA) is 57.8 Å². The largest absolute Gasteiger partial charge is 0.353 e. The molecule has 0 aliphatic heterocycles. The van der Waals surface area contributed by atoms with E-state index in [1.165, 1.54) is 11.8 Å². The van der Waals surface area contributed by atoms with Crippen LogP contribution in [-0.4, -0.2) is 27.7 Å². The molecular weight excluding hydrogens is 332 g/mol. The minimum atomic E-state index is -0.932. The molecule has 0 bridgehead atoms. The maximum Gasteiger partial charge on any atom is 0.230 e. The van der Waals surface area contributed by atoms with Crippen molar-refractivity contribution in [2.24, 2.45) is 5.92 Å². The van der Waals surface area contributed by atoms with Gasteiger partial charge in [-0.15, -0.1) is 0 Å². The van der Waals surface area contributed by atoms with Crippen molar-refractivity contribution in [3.63, 3.8) is 0 Å². The van der Waals surface area contributed by atoms with Crippen LogP contribution in [-0.2, 0) is 4.79 Å². The van der Waals surface area contributed by atoms with Gasteiger partial charge in [0.1, 0.15) is 0 Å². The first-order chi connectivity index (χ1) is 11.3. The summed E-state index contributed by atoms with van der Waals surface area (Å²) in [4.78, 5) is 19.0. The van der Waals surface area contributed by atoms with Gasteiger partial charge in [-0.2, -0.15) is 0 Å². The van der Waals surface area contributed by atoms with E-state index < -0.39 is 11.6 Å². The van der Waals surface area contributed by atoms with Crippen molar-refractivity contribution >= 4 is 28.7 Å². The predicted molar refractivity (Wildman–Crippen MR) is 93.0 cm³/mol. The van der Waals surface area contributed by atoms with E-state index in [-0.39, 0.29) is 17.7 Å². The van der Waals surface area contributed by atoms with Crippen molar-refractivity contribution in [2.45, 2.75) is 51.2 Å². The number of nitrogens with one attached hydrogen (secondary N) is 2. The summed E-state index contributed by atoms with van der Waals surface area (Å²) in [5, 5.41) is 3.42. The third-order valence-corrected chi connectivity index (χ3v) is 4.54. The number of hydrogen-bond acceptors (Lipinski definition) is 3. The van der Waals surface area contributed by atoms with Crippen LogP contribution in [0.5, 0.6) is 0 Å². The Bertz CT molecular complexity index is 663. The molecule has 0 saturated heterocycles. The molecule has 2 N–H and O–H groups in total. The highest BCUT2D eigenvalue weighted by atomic mass is 32.2. The van der Waals surface area contributed by atoms with Crippen LogP contribution in [0.1, 0.15) is 40.0 Å². The van der Waals surface area contributed by atoms with Crippen molar-refractivity contribution in [3.05, 3.63) is 23.8 Å². The lowest BCUT2D eigenvalue weighted by molar-refractivity contribution is -0.119. The predicted octanol–water partition coefficient (Wildman–Crippen LogP) is 4.26. The van der Waals surface area contributed by atoms with Gasteiger partial charge in [0.15, 0.2) is 16.8 Å². The van der Waals surface area contributed by atoms with E-state index in [0.29, 0.717) is 22.1 Å². The summed E-state index contributed by atoms with van der Waals surface area (Å²) in [5.41, 5.74) is 0.762. The molecule has 2 aromatic rings. The van der Waals surface area contributed by atoms with Gasteiger partial charge in [0.25, 0.3) is 0 Å². The zero-order valence-corrected chi connectivity index (χ0v) is 15.0. The number of amides is 1. The van der Waals surface area contributed by atoms with Crippen LogP contribution in [0.25, 0.3) is 11.0 Å². The molecule has 132 valence electrons. The molecule has 0 fully saturated rings. The highest BCUT2D eigenvalue weighted by Gasteiger charge is 2.12. The fourth-order valence-electron chi connectivity index (χ4n) is 2.40. The standard InChI is InChI=1S/C17H23F2N3OS/c1-10(2)5-4-6-11(3)20-16(23)9-24-17-21-14-7-12(18)13(19)8-15(14)22-17/h7-8,10-11H,4-6,9H2,1-3H3,(H,20,23)(H,21,22). The Labute approximate surface area is 144 Å². The lowest BCUT2D eigenvalue weighted by atomic mass is 10.0. The van der Waals surface area contributed by atoms with Crippen LogP contribution >= 0.6 is 11.8 Å². The number of hydrogen-bond donors (Lipinski definition) is 2. The van der Waals surface area contributed by atoms with E-state index in [4.69, 9.17) is 0 Å². The number of halogens is 2. The summed E-state index contributed by atoms with van der Waals surface area (Å²) in [6.07, 6.45) is 3.20. The Morgan fingerprint density at radius 2 is 1.96 bits per heavy atom. The second kappa shape index (κ2) is 8.46. The first kappa shape index (κ1) is 18.7. The number of carbonyl (C=O) groups excluding carboxylic acids is 1.